The molecule has 1 amide bonds. The summed E-state index contributed by atoms with van der Waals surface area (Å²) >= 11 is 7.59. The molecular formula is C22H15ClF3N7O3S. The van der Waals surface area contributed by atoms with Crippen LogP contribution in [0.3, 0.4) is 0 Å². The maximum atomic E-state index is 13.9. The van der Waals surface area contributed by atoms with Gasteiger partial charge in [-0.3, -0.25) is 4.79 Å². The van der Waals surface area contributed by atoms with Crippen LogP contribution in [0.1, 0.15) is 16.2 Å². The van der Waals surface area contributed by atoms with Crippen LogP contribution in [-0.4, -0.2) is 57.1 Å². The number of nitrogens with one attached hydrogen (secondary N) is 1. The first-order valence-corrected chi connectivity index (χ1v) is 12.2. The maximum absolute atomic E-state index is 13.9. The standard InChI is InChI=1S/C22H15ClF3N7O3S/c23-16-19(29-33-15(22(24,25)26)10-12(27-20(16)33)14-2-1-9-37-14)21(34)28-11-3-4-13(18-17(11)30-36-31-18)32-5-7-35-8-6-32/h1-4,9-10H,5-8H2,(H,28,34). The van der Waals surface area contributed by atoms with Crippen LogP contribution in [0.4, 0.5) is 24.5 Å². The van der Waals surface area contributed by atoms with Gasteiger partial charge >= 0.3 is 6.18 Å². The molecule has 0 saturated carbocycles. The van der Waals surface area contributed by atoms with Crippen molar-refractivity contribution in [2.75, 3.05) is 36.5 Å². The Labute approximate surface area is 214 Å². The molecule has 15 heteroatoms. The van der Waals surface area contributed by atoms with E-state index in [0.29, 0.717) is 41.2 Å². The molecule has 37 heavy (non-hydrogen) atoms. The number of hydrogen-bond acceptors (Lipinski definition) is 9. The van der Waals surface area contributed by atoms with Gasteiger partial charge in [0.15, 0.2) is 28.1 Å². The van der Waals surface area contributed by atoms with Crippen LogP contribution in [0.2, 0.25) is 5.02 Å². The minimum atomic E-state index is -4.77. The highest BCUT2D eigenvalue weighted by Gasteiger charge is 2.37. The van der Waals surface area contributed by atoms with Crippen molar-refractivity contribution in [3.8, 4) is 10.6 Å². The molecule has 0 spiro atoms. The normalized spacial score (nSPS) is 14.5. The Balaban J connectivity index is 1.39. The van der Waals surface area contributed by atoms with Crippen molar-refractivity contribution < 1.29 is 27.3 Å². The molecule has 0 atom stereocenters. The summed E-state index contributed by atoms with van der Waals surface area (Å²) in [5.74, 6) is -0.843. The van der Waals surface area contributed by atoms with Crippen molar-refractivity contribution in [1.82, 2.24) is 24.9 Å². The van der Waals surface area contributed by atoms with E-state index in [2.05, 4.69) is 30.6 Å². The van der Waals surface area contributed by atoms with E-state index in [1.165, 1.54) is 11.3 Å². The summed E-state index contributed by atoms with van der Waals surface area (Å²) in [4.78, 5) is 20.0. The third-order valence-corrected chi connectivity index (χ3v) is 7.05. The zero-order valence-corrected chi connectivity index (χ0v) is 20.2. The molecule has 5 heterocycles. The molecule has 6 rings (SSSR count). The fraction of sp³-hybridized carbons (Fsp3) is 0.227. The third kappa shape index (κ3) is 4.16. The first-order valence-electron chi connectivity index (χ1n) is 10.9. The first-order chi connectivity index (χ1) is 17.8. The van der Waals surface area contributed by atoms with E-state index >= 15 is 0 Å². The van der Waals surface area contributed by atoms with E-state index in [0.717, 1.165) is 11.8 Å². The number of rotatable bonds is 4. The van der Waals surface area contributed by atoms with E-state index < -0.39 is 23.5 Å². The molecule has 1 aliphatic heterocycles. The molecule has 10 nitrogen and oxygen atoms in total. The number of thiophene rings is 1. The molecule has 1 N–H and O–H groups in total. The van der Waals surface area contributed by atoms with Crippen LogP contribution in [-0.2, 0) is 10.9 Å². The maximum Gasteiger partial charge on any atom is 0.433 e. The summed E-state index contributed by atoms with van der Waals surface area (Å²) in [5.41, 5.74) is -0.0879. The highest BCUT2D eigenvalue weighted by molar-refractivity contribution is 7.13. The van der Waals surface area contributed by atoms with Crippen molar-refractivity contribution in [3.05, 3.63) is 52.1 Å². The summed E-state index contributed by atoms with van der Waals surface area (Å²) < 4.78 is 52.5. The number of carbonyl (C=O) groups is 1. The van der Waals surface area contributed by atoms with Gasteiger partial charge in [-0.25, -0.2) is 14.1 Å². The Morgan fingerprint density at radius 3 is 2.65 bits per heavy atom. The van der Waals surface area contributed by atoms with Gasteiger partial charge in [-0.1, -0.05) is 17.7 Å². The molecule has 5 aromatic rings. The Bertz CT molecular complexity index is 1630. The zero-order valence-electron chi connectivity index (χ0n) is 18.6. The largest absolute Gasteiger partial charge is 0.433 e. The van der Waals surface area contributed by atoms with Gasteiger partial charge in [0.2, 0.25) is 0 Å². The van der Waals surface area contributed by atoms with Crippen LogP contribution >= 0.6 is 22.9 Å². The number of fused-ring (bicyclic) bond motifs is 2. The van der Waals surface area contributed by atoms with E-state index in [1.54, 1.807) is 29.6 Å². The molecule has 4 aromatic heterocycles. The molecule has 0 radical (unpaired) electrons. The SMILES string of the molecule is O=C(Nc1ccc(N2CCOCC2)c2nonc12)c1nn2c(C(F)(F)F)cc(-c3cccs3)nc2c1Cl. The van der Waals surface area contributed by atoms with Gasteiger partial charge in [-0.2, -0.15) is 18.3 Å². The van der Waals surface area contributed by atoms with Crippen LogP contribution < -0.4 is 10.2 Å². The number of hydrogen-bond donors (Lipinski definition) is 1. The number of anilines is 2. The Morgan fingerprint density at radius 2 is 1.92 bits per heavy atom. The van der Waals surface area contributed by atoms with Crippen LogP contribution in [0, 0.1) is 0 Å². The van der Waals surface area contributed by atoms with Crippen LogP contribution in [0.5, 0.6) is 0 Å². The van der Waals surface area contributed by atoms with E-state index in [4.69, 9.17) is 21.0 Å². The van der Waals surface area contributed by atoms with Gasteiger partial charge in [0.1, 0.15) is 5.02 Å². The Kier molecular flexibility index (Phi) is 5.73. The Hall–Kier alpha value is -3.75. The quantitative estimate of drug-likeness (QED) is 0.342. The van der Waals surface area contributed by atoms with Gasteiger partial charge in [0.25, 0.3) is 5.91 Å². The minimum Gasteiger partial charge on any atom is -0.378 e. The number of nitrogens with zero attached hydrogens (tertiary/aromatic N) is 6. The summed E-state index contributed by atoms with van der Waals surface area (Å²) in [6.45, 7) is 2.40. The molecule has 0 bridgehead atoms. The monoisotopic (exact) mass is 549 g/mol. The number of alkyl halides is 3. The van der Waals surface area contributed by atoms with Crippen molar-refractivity contribution in [2.45, 2.75) is 6.18 Å². The molecule has 1 saturated heterocycles. The molecule has 0 unspecified atom stereocenters. The second kappa shape index (κ2) is 8.97. The van der Waals surface area contributed by atoms with Gasteiger partial charge in [-0.05, 0) is 40.0 Å². The van der Waals surface area contributed by atoms with Gasteiger partial charge in [0, 0.05) is 13.1 Å². The molecule has 1 aromatic carbocycles. The second-order valence-electron chi connectivity index (χ2n) is 8.05. The number of halogens is 4. The van der Waals surface area contributed by atoms with E-state index in [9.17, 15) is 18.0 Å². The average Bonchev–Trinajstić information content (AvgIpc) is 3.65. The molecule has 190 valence electrons. The van der Waals surface area contributed by atoms with Crippen LogP contribution in [0.25, 0.3) is 27.3 Å². The zero-order chi connectivity index (χ0) is 25.7. The molecular weight excluding hydrogens is 535 g/mol. The number of aromatic nitrogens is 5. The second-order valence-corrected chi connectivity index (χ2v) is 9.37. The van der Waals surface area contributed by atoms with Crippen LogP contribution in [0.15, 0.2) is 40.3 Å². The van der Waals surface area contributed by atoms with E-state index in [-0.39, 0.29) is 27.6 Å². The van der Waals surface area contributed by atoms with Gasteiger partial charge < -0.3 is 15.0 Å². The molecule has 1 aliphatic rings. The smallest absolute Gasteiger partial charge is 0.378 e. The summed E-state index contributed by atoms with van der Waals surface area (Å²) in [7, 11) is 0. The predicted molar refractivity (Wildman–Crippen MR) is 129 cm³/mol. The van der Waals surface area contributed by atoms with Crippen molar-refractivity contribution in [1.29, 1.82) is 0 Å². The van der Waals surface area contributed by atoms with Gasteiger partial charge in [-0.15, -0.1) is 11.3 Å². The number of carbonyl (C=O) groups excluding carboxylic acids is 1. The highest BCUT2D eigenvalue weighted by atomic mass is 35.5. The predicted octanol–water partition coefficient (Wildman–Crippen LogP) is 4.76. The lowest BCUT2D eigenvalue weighted by molar-refractivity contribution is -0.142. The molecule has 0 aliphatic carbocycles. The summed E-state index contributed by atoms with van der Waals surface area (Å²) in [6.07, 6.45) is -4.77. The summed E-state index contributed by atoms with van der Waals surface area (Å²) in [6, 6.07) is 7.56. The lowest BCUT2D eigenvalue weighted by atomic mass is 10.2. The minimum absolute atomic E-state index is 0.0673. The topological polar surface area (TPSA) is 111 Å². The summed E-state index contributed by atoms with van der Waals surface area (Å²) in [5, 5.41) is 15.7. The molecule has 1 fully saturated rings. The highest BCUT2D eigenvalue weighted by Crippen LogP contribution is 2.36. The fourth-order valence-corrected chi connectivity index (χ4v) is 5.02. The Morgan fingerprint density at radius 1 is 1.14 bits per heavy atom. The van der Waals surface area contributed by atoms with Gasteiger partial charge in [0.05, 0.1) is 35.2 Å². The van der Waals surface area contributed by atoms with Crippen molar-refractivity contribution >= 4 is 56.9 Å². The van der Waals surface area contributed by atoms with E-state index in [1.807, 2.05) is 0 Å². The number of benzene rings is 1. The lowest BCUT2D eigenvalue weighted by Gasteiger charge is -2.28. The third-order valence-electron chi connectivity index (χ3n) is 5.81. The lowest BCUT2D eigenvalue weighted by Crippen LogP contribution is -2.36. The number of ether oxygens (including phenoxy) is 1. The average molecular weight is 550 g/mol. The van der Waals surface area contributed by atoms with Crippen molar-refractivity contribution in [3.63, 3.8) is 0 Å². The number of morpholine rings is 1. The first kappa shape index (κ1) is 23.6. The van der Waals surface area contributed by atoms with Crippen molar-refractivity contribution in [2.24, 2.45) is 0 Å². The fourth-order valence-electron chi connectivity index (χ4n) is 4.08. The number of amides is 1.